The van der Waals surface area contributed by atoms with Gasteiger partial charge in [-0.05, 0) is 12.0 Å². The van der Waals surface area contributed by atoms with Gasteiger partial charge in [0.2, 0.25) is 17.7 Å². The number of ether oxygens (including phenoxy) is 1. The highest BCUT2D eigenvalue weighted by Crippen LogP contribution is 2.54. The van der Waals surface area contributed by atoms with Gasteiger partial charge in [0.25, 0.3) is 0 Å². The van der Waals surface area contributed by atoms with Gasteiger partial charge in [-0.3, -0.25) is 24.6 Å². The Morgan fingerprint density at radius 3 is 2.67 bits per heavy atom. The third-order valence-corrected chi connectivity index (χ3v) is 6.28. The van der Waals surface area contributed by atoms with Crippen molar-refractivity contribution in [2.45, 2.75) is 25.4 Å². The molecule has 0 aromatic heterocycles. The number of hydrogen-bond donors (Lipinski definition) is 2. The molecule has 3 aliphatic heterocycles. The predicted molar refractivity (Wildman–Crippen MR) is 99.1 cm³/mol. The highest BCUT2D eigenvalue weighted by Gasteiger charge is 2.70. The first-order valence-corrected chi connectivity index (χ1v) is 9.44. The fraction of sp³-hybridized carbons (Fsp3) is 0.526. The highest BCUT2D eigenvalue weighted by molar-refractivity contribution is 6.35. The van der Waals surface area contributed by atoms with Gasteiger partial charge in [0.1, 0.15) is 5.54 Å². The number of nitrogens with one attached hydrogen (secondary N) is 2. The quantitative estimate of drug-likeness (QED) is 0.757. The molecule has 0 unspecified atom stereocenters. The van der Waals surface area contributed by atoms with Gasteiger partial charge in [0.05, 0.1) is 35.7 Å². The van der Waals surface area contributed by atoms with Gasteiger partial charge in [-0.25, -0.2) is 0 Å². The number of methoxy groups -OCH3 is 1. The van der Waals surface area contributed by atoms with Crippen LogP contribution < -0.4 is 10.6 Å². The second-order valence-corrected chi connectivity index (χ2v) is 8.07. The van der Waals surface area contributed by atoms with E-state index in [0.29, 0.717) is 16.3 Å². The first-order valence-electron chi connectivity index (χ1n) is 9.07. The molecule has 3 amide bonds. The molecule has 0 bridgehead atoms. The van der Waals surface area contributed by atoms with Gasteiger partial charge >= 0.3 is 0 Å². The van der Waals surface area contributed by atoms with E-state index in [1.54, 1.807) is 18.2 Å². The number of carbonyl (C=O) groups excluding carboxylic acids is 3. The molecule has 4 rings (SSSR count). The van der Waals surface area contributed by atoms with Crippen molar-refractivity contribution in [1.82, 2.24) is 10.2 Å². The molecule has 2 fully saturated rings. The maximum absolute atomic E-state index is 13.3. The topological polar surface area (TPSA) is 87.7 Å². The molecule has 1 spiro atoms. The number of imide groups is 1. The lowest BCUT2D eigenvalue weighted by atomic mass is 9.76. The number of carbonyl (C=O) groups is 3. The van der Waals surface area contributed by atoms with Crippen LogP contribution >= 0.6 is 11.6 Å². The summed E-state index contributed by atoms with van der Waals surface area (Å²) in [6, 6.07) is 4.95. The number of rotatable bonds is 4. The molecule has 3 heterocycles. The summed E-state index contributed by atoms with van der Waals surface area (Å²) in [6.45, 7) is 4.41. The van der Waals surface area contributed by atoms with Crippen molar-refractivity contribution in [3.05, 3.63) is 28.8 Å². The van der Waals surface area contributed by atoms with Crippen LogP contribution in [0.5, 0.6) is 0 Å². The van der Waals surface area contributed by atoms with E-state index >= 15 is 0 Å². The lowest BCUT2D eigenvalue weighted by molar-refractivity contribution is -0.143. The number of likely N-dealkylation sites (tertiary alicyclic amines) is 1. The Labute approximate surface area is 162 Å². The van der Waals surface area contributed by atoms with E-state index in [-0.39, 0.29) is 42.8 Å². The number of anilines is 1. The third-order valence-electron chi connectivity index (χ3n) is 5.96. The molecule has 8 heteroatoms. The van der Waals surface area contributed by atoms with Crippen LogP contribution in [-0.4, -0.2) is 48.9 Å². The zero-order valence-corrected chi connectivity index (χ0v) is 16.2. The fourth-order valence-electron chi connectivity index (χ4n) is 4.76. The lowest BCUT2D eigenvalue weighted by Gasteiger charge is -2.30. The summed E-state index contributed by atoms with van der Waals surface area (Å²) in [6.07, 6.45) is 0. The summed E-state index contributed by atoms with van der Waals surface area (Å²) in [5, 5.41) is 6.61. The SMILES string of the molecule is COCCN1C(=O)[C@H]2[C@@H](C1=O)[C@@]1(N[C@H]2C(C)C)C(=O)Nc2c(Cl)cccc21. The Kier molecular flexibility index (Phi) is 4.29. The number of nitrogens with zero attached hydrogens (tertiary/aromatic N) is 1. The number of hydrogen-bond acceptors (Lipinski definition) is 5. The Hall–Kier alpha value is -1.96. The van der Waals surface area contributed by atoms with Crippen LogP contribution in [0.4, 0.5) is 5.69 Å². The van der Waals surface area contributed by atoms with E-state index in [9.17, 15) is 14.4 Å². The van der Waals surface area contributed by atoms with Gasteiger partial charge in [-0.15, -0.1) is 0 Å². The molecule has 144 valence electrons. The molecule has 0 saturated carbocycles. The summed E-state index contributed by atoms with van der Waals surface area (Å²) in [5.41, 5.74) is -0.141. The van der Waals surface area contributed by atoms with E-state index < -0.39 is 17.4 Å². The normalized spacial score (nSPS) is 31.8. The van der Waals surface area contributed by atoms with Crippen molar-refractivity contribution in [2.24, 2.45) is 17.8 Å². The first-order chi connectivity index (χ1) is 12.8. The zero-order chi connectivity index (χ0) is 19.5. The lowest BCUT2D eigenvalue weighted by Crippen LogP contribution is -2.54. The largest absolute Gasteiger partial charge is 0.383 e. The summed E-state index contributed by atoms with van der Waals surface area (Å²) in [5.74, 6) is -2.24. The second-order valence-electron chi connectivity index (χ2n) is 7.66. The van der Waals surface area contributed by atoms with Crippen LogP contribution in [-0.2, 0) is 24.7 Å². The molecule has 0 aliphatic carbocycles. The van der Waals surface area contributed by atoms with Crippen molar-refractivity contribution in [2.75, 3.05) is 25.6 Å². The molecule has 1 aromatic carbocycles. The first kappa shape index (κ1) is 18.4. The number of fused-ring (bicyclic) bond motifs is 4. The molecule has 2 saturated heterocycles. The van der Waals surface area contributed by atoms with Crippen molar-refractivity contribution in [3.63, 3.8) is 0 Å². The number of benzene rings is 1. The average molecular weight is 392 g/mol. The molecule has 7 nitrogen and oxygen atoms in total. The van der Waals surface area contributed by atoms with Crippen LogP contribution in [0.25, 0.3) is 0 Å². The molecule has 0 radical (unpaired) electrons. The second kappa shape index (κ2) is 6.29. The van der Waals surface area contributed by atoms with Gasteiger partial charge < -0.3 is 10.1 Å². The third kappa shape index (κ3) is 2.31. The van der Waals surface area contributed by atoms with E-state index in [4.69, 9.17) is 16.3 Å². The standard InChI is InChI=1S/C19H22ClN3O4/c1-9(2)14-12-13(17(25)23(16(12)24)7-8-27-3)19(22-14)10-5-4-6-11(20)15(10)21-18(19)26/h4-6,9,12-14,22H,7-8H2,1-3H3,(H,21,26)/t12-,13-,14-,19+/m0/s1. The van der Waals surface area contributed by atoms with Crippen molar-refractivity contribution in [1.29, 1.82) is 0 Å². The predicted octanol–water partition coefficient (Wildman–Crippen LogP) is 1.36. The summed E-state index contributed by atoms with van der Waals surface area (Å²) in [4.78, 5) is 40.8. The maximum atomic E-state index is 13.3. The molecular formula is C19H22ClN3O4. The van der Waals surface area contributed by atoms with Crippen LogP contribution in [0.15, 0.2) is 18.2 Å². The van der Waals surface area contributed by atoms with E-state index in [1.165, 1.54) is 12.0 Å². The average Bonchev–Trinajstić information content (AvgIpc) is 3.21. The minimum Gasteiger partial charge on any atom is -0.383 e. The van der Waals surface area contributed by atoms with Gasteiger partial charge in [0.15, 0.2) is 0 Å². The van der Waals surface area contributed by atoms with Gasteiger partial charge in [-0.2, -0.15) is 0 Å². The maximum Gasteiger partial charge on any atom is 0.250 e. The summed E-state index contributed by atoms with van der Waals surface area (Å²) < 4.78 is 5.05. The van der Waals surface area contributed by atoms with Gasteiger partial charge in [0, 0.05) is 18.7 Å². The minimum atomic E-state index is -1.28. The molecule has 1 aromatic rings. The van der Waals surface area contributed by atoms with E-state index in [0.717, 1.165) is 0 Å². The summed E-state index contributed by atoms with van der Waals surface area (Å²) in [7, 11) is 1.52. The Bertz CT molecular complexity index is 842. The fourth-order valence-corrected chi connectivity index (χ4v) is 4.98. The van der Waals surface area contributed by atoms with Crippen LogP contribution in [0.3, 0.4) is 0 Å². The van der Waals surface area contributed by atoms with Crippen LogP contribution in [0.1, 0.15) is 19.4 Å². The van der Waals surface area contributed by atoms with Crippen LogP contribution in [0.2, 0.25) is 5.02 Å². The van der Waals surface area contributed by atoms with Crippen molar-refractivity contribution < 1.29 is 19.1 Å². The minimum absolute atomic E-state index is 0.0621. The molecule has 4 atom stereocenters. The Morgan fingerprint density at radius 1 is 1.26 bits per heavy atom. The summed E-state index contributed by atoms with van der Waals surface area (Å²) >= 11 is 6.28. The van der Waals surface area contributed by atoms with Crippen molar-refractivity contribution >= 4 is 35.0 Å². The highest BCUT2D eigenvalue weighted by atomic mass is 35.5. The van der Waals surface area contributed by atoms with Crippen molar-refractivity contribution in [3.8, 4) is 0 Å². The van der Waals surface area contributed by atoms with Crippen LogP contribution in [0, 0.1) is 17.8 Å². The van der Waals surface area contributed by atoms with E-state index in [1.807, 2.05) is 13.8 Å². The molecular weight excluding hydrogens is 370 g/mol. The molecule has 3 aliphatic rings. The zero-order valence-electron chi connectivity index (χ0n) is 15.4. The van der Waals surface area contributed by atoms with Gasteiger partial charge in [-0.1, -0.05) is 37.6 Å². The number of halogens is 1. The Balaban J connectivity index is 1.87. The molecule has 2 N–H and O–H groups in total. The Morgan fingerprint density at radius 2 is 2.00 bits per heavy atom. The van der Waals surface area contributed by atoms with E-state index in [2.05, 4.69) is 10.6 Å². The smallest absolute Gasteiger partial charge is 0.250 e. The number of para-hydroxylation sites is 1. The number of amides is 3. The molecule has 27 heavy (non-hydrogen) atoms. The monoisotopic (exact) mass is 391 g/mol.